The third-order valence-electron chi connectivity index (χ3n) is 5.23. The highest BCUT2D eigenvalue weighted by molar-refractivity contribution is 7.22. The molecule has 4 nitrogen and oxygen atoms in total. The van der Waals surface area contributed by atoms with E-state index in [1.54, 1.807) is 23.5 Å². The van der Waals surface area contributed by atoms with Gasteiger partial charge in [-0.3, -0.25) is 4.79 Å². The van der Waals surface area contributed by atoms with Gasteiger partial charge in [0.25, 0.3) is 0 Å². The summed E-state index contributed by atoms with van der Waals surface area (Å²) in [6.07, 6.45) is 0.319. The van der Waals surface area contributed by atoms with Gasteiger partial charge < -0.3 is 9.80 Å². The van der Waals surface area contributed by atoms with Crippen molar-refractivity contribution < 1.29 is 9.18 Å². The molecule has 0 N–H and O–H groups in total. The van der Waals surface area contributed by atoms with Crippen molar-refractivity contribution in [2.75, 3.05) is 31.1 Å². The topological polar surface area (TPSA) is 36.4 Å². The van der Waals surface area contributed by atoms with Crippen LogP contribution in [-0.2, 0) is 11.2 Å². The molecule has 28 heavy (non-hydrogen) atoms. The number of para-hydroxylation sites is 1. The maximum absolute atomic E-state index is 13.0. The van der Waals surface area contributed by atoms with Crippen LogP contribution in [0.3, 0.4) is 0 Å². The van der Waals surface area contributed by atoms with Crippen molar-refractivity contribution in [2.45, 2.75) is 26.2 Å². The molecule has 0 aliphatic carbocycles. The SMILES string of the molecule is CC(C)c1cccc2sc(N3CCN(C(=O)Cc4ccc(F)cc4)CC3)nc12. The zero-order valence-electron chi connectivity index (χ0n) is 16.2. The van der Waals surface area contributed by atoms with Gasteiger partial charge in [-0.2, -0.15) is 0 Å². The van der Waals surface area contributed by atoms with Crippen LogP contribution in [0.5, 0.6) is 0 Å². The molecule has 3 aromatic rings. The number of benzene rings is 2. The number of hydrogen-bond donors (Lipinski definition) is 0. The van der Waals surface area contributed by atoms with Crippen LogP contribution >= 0.6 is 11.3 Å². The predicted molar refractivity (Wildman–Crippen MR) is 113 cm³/mol. The zero-order chi connectivity index (χ0) is 19.7. The zero-order valence-corrected chi connectivity index (χ0v) is 17.0. The van der Waals surface area contributed by atoms with Crippen molar-refractivity contribution in [2.24, 2.45) is 0 Å². The number of rotatable bonds is 4. The molecule has 0 atom stereocenters. The van der Waals surface area contributed by atoms with Gasteiger partial charge in [-0.1, -0.05) is 49.4 Å². The Balaban J connectivity index is 1.41. The summed E-state index contributed by atoms with van der Waals surface area (Å²) in [6.45, 7) is 7.33. The van der Waals surface area contributed by atoms with Crippen LogP contribution in [0.2, 0.25) is 0 Å². The summed E-state index contributed by atoms with van der Waals surface area (Å²) >= 11 is 1.72. The first-order chi connectivity index (χ1) is 13.5. The van der Waals surface area contributed by atoms with Gasteiger partial charge in [0, 0.05) is 26.2 Å². The number of carbonyl (C=O) groups is 1. The second kappa shape index (κ2) is 7.87. The molecule has 2 aromatic carbocycles. The van der Waals surface area contributed by atoms with Crippen molar-refractivity contribution in [3.05, 3.63) is 59.4 Å². The van der Waals surface area contributed by atoms with Crippen LogP contribution in [-0.4, -0.2) is 42.0 Å². The van der Waals surface area contributed by atoms with Gasteiger partial charge in [0.15, 0.2) is 5.13 Å². The highest BCUT2D eigenvalue weighted by Gasteiger charge is 2.23. The molecule has 1 aromatic heterocycles. The molecule has 0 bridgehead atoms. The fourth-order valence-corrected chi connectivity index (χ4v) is 4.65. The molecule has 1 fully saturated rings. The number of anilines is 1. The number of aromatic nitrogens is 1. The molecule has 0 unspecified atom stereocenters. The molecule has 1 saturated heterocycles. The number of halogens is 1. The van der Waals surface area contributed by atoms with Crippen LogP contribution in [0.1, 0.15) is 30.9 Å². The van der Waals surface area contributed by atoms with E-state index in [1.165, 1.54) is 22.4 Å². The van der Waals surface area contributed by atoms with Crippen LogP contribution < -0.4 is 4.90 Å². The van der Waals surface area contributed by atoms with Gasteiger partial charge in [-0.25, -0.2) is 9.37 Å². The summed E-state index contributed by atoms with van der Waals surface area (Å²) in [5.41, 5.74) is 3.24. The Morgan fingerprint density at radius 2 is 1.82 bits per heavy atom. The van der Waals surface area contributed by atoms with Gasteiger partial charge in [0.2, 0.25) is 5.91 Å². The summed E-state index contributed by atoms with van der Waals surface area (Å²) in [4.78, 5) is 21.6. The third kappa shape index (κ3) is 3.87. The van der Waals surface area contributed by atoms with E-state index in [1.807, 2.05) is 4.90 Å². The summed E-state index contributed by atoms with van der Waals surface area (Å²) in [5.74, 6) is 0.263. The van der Waals surface area contributed by atoms with E-state index in [0.717, 1.165) is 29.3 Å². The minimum Gasteiger partial charge on any atom is -0.345 e. The molecule has 0 radical (unpaired) electrons. The lowest BCUT2D eigenvalue weighted by atomic mass is 10.0. The maximum atomic E-state index is 13.0. The van der Waals surface area contributed by atoms with E-state index in [-0.39, 0.29) is 11.7 Å². The number of nitrogens with zero attached hydrogens (tertiary/aromatic N) is 3. The summed E-state index contributed by atoms with van der Waals surface area (Å²) in [5, 5.41) is 1.04. The molecule has 6 heteroatoms. The van der Waals surface area contributed by atoms with E-state index in [4.69, 9.17) is 4.98 Å². The second-order valence-electron chi connectivity index (χ2n) is 7.52. The van der Waals surface area contributed by atoms with E-state index in [2.05, 4.69) is 36.9 Å². The molecule has 1 aliphatic heterocycles. The Morgan fingerprint density at radius 1 is 1.11 bits per heavy atom. The van der Waals surface area contributed by atoms with Crippen molar-refractivity contribution in [1.29, 1.82) is 0 Å². The molecule has 4 rings (SSSR count). The standard InChI is InChI=1S/C22H24FN3OS/c1-15(2)18-4-3-5-19-21(18)24-22(28-19)26-12-10-25(11-13-26)20(27)14-16-6-8-17(23)9-7-16/h3-9,15H,10-14H2,1-2H3. The van der Waals surface area contributed by atoms with E-state index in [9.17, 15) is 9.18 Å². The third-order valence-corrected chi connectivity index (χ3v) is 6.31. The highest BCUT2D eigenvalue weighted by Crippen LogP contribution is 2.33. The number of fused-ring (bicyclic) bond motifs is 1. The monoisotopic (exact) mass is 397 g/mol. The molecular formula is C22H24FN3OS. The number of carbonyl (C=O) groups excluding carboxylic acids is 1. The first-order valence-corrected chi connectivity index (χ1v) is 10.5. The van der Waals surface area contributed by atoms with Gasteiger partial charge in [0.05, 0.1) is 16.6 Å². The summed E-state index contributed by atoms with van der Waals surface area (Å²) in [7, 11) is 0. The Labute approximate surface area is 168 Å². The summed E-state index contributed by atoms with van der Waals surface area (Å²) in [6, 6.07) is 12.5. The minimum absolute atomic E-state index is 0.0950. The normalized spacial score (nSPS) is 14.9. The highest BCUT2D eigenvalue weighted by atomic mass is 32.1. The van der Waals surface area contributed by atoms with Crippen LogP contribution in [0, 0.1) is 5.82 Å². The van der Waals surface area contributed by atoms with E-state index >= 15 is 0 Å². The minimum atomic E-state index is -0.277. The molecule has 1 amide bonds. The van der Waals surface area contributed by atoms with Crippen molar-refractivity contribution in [3.8, 4) is 0 Å². The van der Waals surface area contributed by atoms with Crippen LogP contribution in [0.4, 0.5) is 9.52 Å². The number of piperazine rings is 1. The Kier molecular flexibility index (Phi) is 5.31. The molecule has 1 aliphatic rings. The molecule has 0 saturated carbocycles. The fourth-order valence-electron chi connectivity index (χ4n) is 3.60. The van der Waals surface area contributed by atoms with E-state index < -0.39 is 0 Å². The Morgan fingerprint density at radius 3 is 2.50 bits per heavy atom. The number of thiazole rings is 1. The number of amides is 1. The summed E-state index contributed by atoms with van der Waals surface area (Å²) < 4.78 is 14.2. The number of hydrogen-bond acceptors (Lipinski definition) is 4. The van der Waals surface area contributed by atoms with Crippen molar-refractivity contribution >= 4 is 32.6 Å². The molecule has 0 spiro atoms. The van der Waals surface area contributed by atoms with Gasteiger partial charge in [-0.15, -0.1) is 0 Å². The largest absolute Gasteiger partial charge is 0.345 e. The Bertz CT molecular complexity index is 975. The van der Waals surface area contributed by atoms with Crippen LogP contribution in [0.25, 0.3) is 10.2 Å². The van der Waals surface area contributed by atoms with Gasteiger partial charge in [0.1, 0.15) is 5.82 Å². The molecule has 2 heterocycles. The first-order valence-electron chi connectivity index (χ1n) is 9.68. The van der Waals surface area contributed by atoms with Crippen molar-refractivity contribution in [1.82, 2.24) is 9.88 Å². The Hall–Kier alpha value is -2.47. The van der Waals surface area contributed by atoms with Gasteiger partial charge in [-0.05, 0) is 35.2 Å². The average Bonchev–Trinajstić information content (AvgIpc) is 3.14. The van der Waals surface area contributed by atoms with Crippen molar-refractivity contribution in [3.63, 3.8) is 0 Å². The smallest absolute Gasteiger partial charge is 0.227 e. The maximum Gasteiger partial charge on any atom is 0.227 e. The quantitative estimate of drug-likeness (QED) is 0.653. The lowest BCUT2D eigenvalue weighted by Gasteiger charge is -2.34. The van der Waals surface area contributed by atoms with Gasteiger partial charge >= 0.3 is 0 Å². The fraction of sp³-hybridized carbons (Fsp3) is 0.364. The lowest BCUT2D eigenvalue weighted by molar-refractivity contribution is -0.130. The first kappa shape index (κ1) is 18.9. The van der Waals surface area contributed by atoms with Crippen LogP contribution in [0.15, 0.2) is 42.5 Å². The average molecular weight is 398 g/mol. The molecular weight excluding hydrogens is 373 g/mol. The van der Waals surface area contributed by atoms with E-state index in [0.29, 0.717) is 25.4 Å². The predicted octanol–water partition coefficient (Wildman–Crippen LogP) is 4.45. The lowest BCUT2D eigenvalue weighted by Crippen LogP contribution is -2.49. The molecule has 146 valence electrons. The second-order valence-corrected chi connectivity index (χ2v) is 8.53.